The van der Waals surface area contributed by atoms with E-state index in [1.54, 1.807) is 25.3 Å². The molecule has 29 heavy (non-hydrogen) atoms. The van der Waals surface area contributed by atoms with Crippen molar-refractivity contribution in [2.24, 2.45) is 0 Å². The fourth-order valence-electron chi connectivity index (χ4n) is 3.14. The van der Waals surface area contributed by atoms with Crippen LogP contribution < -0.4 is 20.1 Å². The van der Waals surface area contributed by atoms with E-state index in [0.29, 0.717) is 23.6 Å². The van der Waals surface area contributed by atoms with Gasteiger partial charge in [0.25, 0.3) is 0 Å². The molecule has 0 aromatic heterocycles. The normalized spacial score (nSPS) is 12.9. The van der Waals surface area contributed by atoms with E-state index in [2.05, 4.69) is 10.6 Å². The molecule has 2 aromatic carbocycles. The predicted octanol–water partition coefficient (Wildman–Crippen LogP) is 2.21. The minimum Gasteiger partial charge on any atom is -0.497 e. The molecule has 2 unspecified atom stereocenters. The van der Waals surface area contributed by atoms with E-state index in [1.807, 2.05) is 49.3 Å². The fraction of sp³-hybridized carbons (Fsp3) is 0.409. The van der Waals surface area contributed by atoms with Gasteiger partial charge in [-0.15, -0.1) is 0 Å². The lowest BCUT2D eigenvalue weighted by Crippen LogP contribution is -2.48. The summed E-state index contributed by atoms with van der Waals surface area (Å²) < 4.78 is 10.5. The number of hydrogen-bond donors (Lipinski definition) is 3. The molecule has 0 radical (unpaired) electrons. The second kappa shape index (κ2) is 11.3. The van der Waals surface area contributed by atoms with E-state index in [9.17, 15) is 9.90 Å². The van der Waals surface area contributed by atoms with Crippen LogP contribution in [0.3, 0.4) is 0 Å². The number of rotatable bonds is 10. The van der Waals surface area contributed by atoms with E-state index in [1.165, 1.54) is 7.11 Å². The number of carbonyl (C=O) groups is 1. The maximum atomic E-state index is 12.4. The van der Waals surface area contributed by atoms with Gasteiger partial charge in [0.15, 0.2) is 0 Å². The van der Waals surface area contributed by atoms with Crippen LogP contribution in [0.2, 0.25) is 0 Å². The second-order valence-electron chi connectivity index (χ2n) is 7.13. The highest BCUT2D eigenvalue weighted by molar-refractivity contribution is 5.74. The summed E-state index contributed by atoms with van der Waals surface area (Å²) in [4.78, 5) is 14.5. The van der Waals surface area contributed by atoms with Crippen LogP contribution in [-0.2, 0) is 6.42 Å². The minimum absolute atomic E-state index is 0.0510. The number of urea groups is 1. The highest BCUT2D eigenvalue weighted by atomic mass is 16.5. The number of carbonyl (C=O) groups excluding carboxylic acids is 1. The van der Waals surface area contributed by atoms with Crippen molar-refractivity contribution in [1.82, 2.24) is 15.5 Å². The Kier molecular flexibility index (Phi) is 8.76. The lowest BCUT2D eigenvalue weighted by molar-refractivity contribution is 0.168. The first kappa shape index (κ1) is 22.5. The third kappa shape index (κ3) is 7.29. The Morgan fingerprint density at radius 1 is 1.10 bits per heavy atom. The molecule has 2 amide bonds. The molecular formula is C22H31N3O4. The summed E-state index contributed by atoms with van der Waals surface area (Å²) in [6.07, 6.45) is -0.203. The predicted molar refractivity (Wildman–Crippen MR) is 114 cm³/mol. The van der Waals surface area contributed by atoms with Crippen LogP contribution in [-0.4, -0.2) is 63.5 Å². The molecule has 3 N–H and O–H groups in total. The molecule has 7 nitrogen and oxygen atoms in total. The van der Waals surface area contributed by atoms with Gasteiger partial charge in [-0.05, 0) is 44.3 Å². The molecule has 0 saturated carbocycles. The number of nitrogens with one attached hydrogen (secondary N) is 2. The maximum absolute atomic E-state index is 12.4. The number of ether oxygens (including phenoxy) is 2. The van der Waals surface area contributed by atoms with Crippen molar-refractivity contribution in [3.63, 3.8) is 0 Å². The molecule has 0 aliphatic rings. The number of nitrogens with zero attached hydrogens (tertiary/aromatic N) is 1. The molecule has 158 valence electrons. The van der Waals surface area contributed by atoms with E-state index in [-0.39, 0.29) is 18.6 Å². The van der Waals surface area contributed by atoms with Crippen molar-refractivity contribution in [3.8, 4) is 11.5 Å². The van der Waals surface area contributed by atoms with Crippen molar-refractivity contribution in [2.75, 3.05) is 41.4 Å². The van der Waals surface area contributed by atoms with Gasteiger partial charge in [-0.25, -0.2) is 4.79 Å². The first-order chi connectivity index (χ1) is 13.9. The van der Waals surface area contributed by atoms with Crippen LogP contribution in [0.1, 0.15) is 17.2 Å². The molecule has 0 aliphatic heterocycles. The lowest BCUT2D eigenvalue weighted by Gasteiger charge is -2.23. The SMILES string of the molecule is COc1ccc(OC)c(C(O)CNC(=O)NC(Cc2ccccc2)CN(C)C)c1. The minimum atomic E-state index is -0.924. The molecule has 7 heteroatoms. The van der Waals surface area contributed by atoms with E-state index in [0.717, 1.165) is 12.0 Å². The summed E-state index contributed by atoms with van der Waals surface area (Å²) in [6, 6.07) is 14.8. The van der Waals surface area contributed by atoms with Crippen LogP contribution in [0.5, 0.6) is 11.5 Å². The highest BCUT2D eigenvalue weighted by Gasteiger charge is 2.18. The van der Waals surface area contributed by atoms with Gasteiger partial charge in [-0.2, -0.15) is 0 Å². The van der Waals surface area contributed by atoms with Gasteiger partial charge in [0.2, 0.25) is 0 Å². The van der Waals surface area contributed by atoms with E-state index >= 15 is 0 Å². The lowest BCUT2D eigenvalue weighted by atomic mass is 10.1. The first-order valence-electron chi connectivity index (χ1n) is 9.56. The Morgan fingerprint density at radius 2 is 1.83 bits per heavy atom. The third-order valence-corrected chi connectivity index (χ3v) is 4.50. The highest BCUT2D eigenvalue weighted by Crippen LogP contribution is 2.29. The smallest absolute Gasteiger partial charge is 0.315 e. The Bertz CT molecular complexity index is 768. The number of hydrogen-bond acceptors (Lipinski definition) is 5. The molecule has 2 atom stereocenters. The molecule has 0 saturated heterocycles. The zero-order valence-corrected chi connectivity index (χ0v) is 17.5. The van der Waals surface area contributed by atoms with Crippen molar-refractivity contribution in [2.45, 2.75) is 18.6 Å². The summed E-state index contributed by atoms with van der Waals surface area (Å²) in [5.74, 6) is 1.15. The molecule has 2 aromatic rings. The zero-order valence-electron chi connectivity index (χ0n) is 17.5. The number of methoxy groups -OCH3 is 2. The number of aliphatic hydroxyl groups is 1. The van der Waals surface area contributed by atoms with Gasteiger partial charge in [-0.1, -0.05) is 30.3 Å². The largest absolute Gasteiger partial charge is 0.497 e. The number of aliphatic hydroxyl groups excluding tert-OH is 1. The van der Waals surface area contributed by atoms with Crippen molar-refractivity contribution in [3.05, 3.63) is 59.7 Å². The molecule has 0 bridgehead atoms. The van der Waals surface area contributed by atoms with Gasteiger partial charge in [0.1, 0.15) is 17.6 Å². The Morgan fingerprint density at radius 3 is 2.45 bits per heavy atom. The maximum Gasteiger partial charge on any atom is 0.315 e. The van der Waals surface area contributed by atoms with Crippen LogP contribution in [0.25, 0.3) is 0 Å². The summed E-state index contributed by atoms with van der Waals surface area (Å²) in [7, 11) is 7.03. The fourth-order valence-corrected chi connectivity index (χ4v) is 3.14. The average molecular weight is 402 g/mol. The standard InChI is InChI=1S/C22H31N3O4/c1-25(2)15-17(12-16-8-6-5-7-9-16)24-22(27)23-14-20(26)19-13-18(28-3)10-11-21(19)29-4/h5-11,13,17,20,26H,12,14-15H2,1-4H3,(H2,23,24,27). The third-order valence-electron chi connectivity index (χ3n) is 4.50. The van der Waals surface area contributed by atoms with E-state index < -0.39 is 6.10 Å². The van der Waals surface area contributed by atoms with Crippen molar-refractivity contribution < 1.29 is 19.4 Å². The molecule has 0 spiro atoms. The Hall–Kier alpha value is -2.77. The van der Waals surface area contributed by atoms with Crippen molar-refractivity contribution >= 4 is 6.03 Å². The quantitative estimate of drug-likeness (QED) is 0.569. The van der Waals surface area contributed by atoms with Crippen LogP contribution in [0, 0.1) is 0 Å². The van der Waals surface area contributed by atoms with Crippen molar-refractivity contribution in [1.29, 1.82) is 0 Å². The molecule has 0 heterocycles. The second-order valence-corrected chi connectivity index (χ2v) is 7.13. The number of benzene rings is 2. The molecule has 2 rings (SSSR count). The molecule has 0 aliphatic carbocycles. The summed E-state index contributed by atoms with van der Waals surface area (Å²) in [5.41, 5.74) is 1.71. The molecule has 0 fully saturated rings. The number of amides is 2. The van der Waals surface area contributed by atoms with Gasteiger partial charge in [0, 0.05) is 24.7 Å². The summed E-state index contributed by atoms with van der Waals surface area (Å²) in [5, 5.41) is 16.3. The Labute approximate surface area is 172 Å². The average Bonchev–Trinajstić information content (AvgIpc) is 2.71. The van der Waals surface area contributed by atoms with Gasteiger partial charge in [0.05, 0.1) is 14.2 Å². The first-order valence-corrected chi connectivity index (χ1v) is 9.56. The summed E-state index contributed by atoms with van der Waals surface area (Å²) in [6.45, 7) is 0.754. The molecular weight excluding hydrogens is 370 g/mol. The van der Waals surface area contributed by atoms with Crippen LogP contribution in [0.4, 0.5) is 4.79 Å². The van der Waals surface area contributed by atoms with Gasteiger partial charge in [-0.3, -0.25) is 0 Å². The van der Waals surface area contributed by atoms with E-state index in [4.69, 9.17) is 9.47 Å². The summed E-state index contributed by atoms with van der Waals surface area (Å²) >= 11 is 0. The van der Waals surface area contributed by atoms with Crippen LogP contribution in [0.15, 0.2) is 48.5 Å². The van der Waals surface area contributed by atoms with Gasteiger partial charge >= 0.3 is 6.03 Å². The monoisotopic (exact) mass is 401 g/mol. The Balaban J connectivity index is 1.95. The number of likely N-dealkylation sites (N-methyl/N-ethyl adjacent to an activating group) is 1. The zero-order chi connectivity index (χ0) is 21.2. The van der Waals surface area contributed by atoms with Gasteiger partial charge < -0.3 is 30.1 Å². The topological polar surface area (TPSA) is 83.1 Å². The van der Waals surface area contributed by atoms with Crippen LogP contribution >= 0.6 is 0 Å².